The largest absolute Gasteiger partial charge is 0.325 e. The number of hydrogen-bond donors (Lipinski definition) is 2. The molecule has 4 rings (SSSR count). The van der Waals surface area contributed by atoms with Gasteiger partial charge in [0.15, 0.2) is 5.13 Å². The summed E-state index contributed by atoms with van der Waals surface area (Å²) in [5.74, 6) is -0.147. The first-order valence-corrected chi connectivity index (χ1v) is 10.00. The van der Waals surface area contributed by atoms with E-state index < -0.39 is 17.5 Å². The number of carbonyl (C=O) groups excluding carboxylic acids is 3. The van der Waals surface area contributed by atoms with Crippen LogP contribution in [-0.2, 0) is 9.59 Å². The molecule has 0 atom stereocenters. The van der Waals surface area contributed by atoms with Gasteiger partial charge in [-0.05, 0) is 50.2 Å². The van der Waals surface area contributed by atoms with Crippen molar-refractivity contribution >= 4 is 44.5 Å². The highest BCUT2D eigenvalue weighted by Crippen LogP contribution is 2.36. The van der Waals surface area contributed by atoms with Gasteiger partial charge in [-0.2, -0.15) is 0 Å². The number of rotatable bonds is 3. The van der Waals surface area contributed by atoms with Crippen LogP contribution >= 0.6 is 11.3 Å². The number of nitrogens with zero attached hydrogens (tertiary/aromatic N) is 2. The molecule has 2 aromatic rings. The van der Waals surface area contributed by atoms with E-state index in [0.717, 1.165) is 33.5 Å². The molecule has 1 saturated carbocycles. The molecule has 27 heavy (non-hydrogen) atoms. The molecule has 1 aromatic heterocycles. The van der Waals surface area contributed by atoms with Crippen LogP contribution in [0, 0.1) is 12.8 Å². The van der Waals surface area contributed by atoms with Gasteiger partial charge in [-0.25, -0.2) is 9.78 Å². The fraction of sp³-hybridized carbons (Fsp3) is 0.474. The van der Waals surface area contributed by atoms with Crippen molar-refractivity contribution in [3.8, 4) is 0 Å². The summed E-state index contributed by atoms with van der Waals surface area (Å²) >= 11 is 1.37. The van der Waals surface area contributed by atoms with Crippen LogP contribution < -0.4 is 10.6 Å². The quantitative estimate of drug-likeness (QED) is 0.793. The van der Waals surface area contributed by atoms with Crippen molar-refractivity contribution in [3.63, 3.8) is 0 Å². The van der Waals surface area contributed by atoms with Gasteiger partial charge in [0.1, 0.15) is 12.1 Å². The second kappa shape index (κ2) is 6.60. The van der Waals surface area contributed by atoms with Gasteiger partial charge >= 0.3 is 6.03 Å². The number of urea groups is 1. The Hall–Kier alpha value is -2.48. The van der Waals surface area contributed by atoms with Gasteiger partial charge in [-0.3, -0.25) is 14.5 Å². The van der Waals surface area contributed by atoms with E-state index in [-0.39, 0.29) is 12.5 Å². The number of amides is 4. The lowest BCUT2D eigenvalue weighted by Crippen LogP contribution is -2.49. The molecule has 0 unspecified atom stereocenters. The summed E-state index contributed by atoms with van der Waals surface area (Å²) in [4.78, 5) is 43.0. The van der Waals surface area contributed by atoms with Crippen LogP contribution in [0.1, 0.15) is 38.2 Å². The summed E-state index contributed by atoms with van der Waals surface area (Å²) in [6.07, 6.45) is 3.07. The highest BCUT2D eigenvalue weighted by molar-refractivity contribution is 7.22. The molecule has 0 bridgehead atoms. The summed E-state index contributed by atoms with van der Waals surface area (Å²) in [6, 6.07) is 5.37. The smallest absolute Gasteiger partial charge is 0.323 e. The molecule has 142 valence electrons. The van der Waals surface area contributed by atoms with Crippen molar-refractivity contribution in [1.29, 1.82) is 0 Å². The molecule has 2 aliphatic rings. The van der Waals surface area contributed by atoms with Crippen LogP contribution in [0.4, 0.5) is 9.93 Å². The number of fused-ring (bicyclic) bond motifs is 1. The third-order valence-corrected chi connectivity index (χ3v) is 6.48. The van der Waals surface area contributed by atoms with Crippen LogP contribution in [0.3, 0.4) is 0 Å². The zero-order valence-corrected chi connectivity index (χ0v) is 16.2. The van der Waals surface area contributed by atoms with Crippen molar-refractivity contribution in [1.82, 2.24) is 15.2 Å². The fourth-order valence-electron chi connectivity index (χ4n) is 3.86. The third-order valence-electron chi connectivity index (χ3n) is 5.54. The minimum atomic E-state index is -0.823. The van der Waals surface area contributed by atoms with Gasteiger partial charge in [-0.15, -0.1) is 0 Å². The summed E-state index contributed by atoms with van der Waals surface area (Å²) in [5, 5.41) is 6.02. The SMILES string of the molecule is Cc1cccc2sc(NC(=O)CN3C(=O)NC4(CCC(C)CC4)C3=O)nc12. The number of aromatic nitrogens is 1. The van der Waals surface area contributed by atoms with Crippen molar-refractivity contribution in [3.05, 3.63) is 23.8 Å². The number of para-hydroxylation sites is 1. The van der Waals surface area contributed by atoms with E-state index in [1.54, 1.807) is 0 Å². The number of carbonyl (C=O) groups is 3. The molecule has 8 heteroatoms. The van der Waals surface area contributed by atoms with Crippen LogP contribution in [-0.4, -0.2) is 39.8 Å². The van der Waals surface area contributed by atoms with Crippen molar-refractivity contribution < 1.29 is 14.4 Å². The normalized spacial score (nSPS) is 25.3. The Morgan fingerprint density at radius 1 is 1.37 bits per heavy atom. The Labute approximate surface area is 161 Å². The first-order chi connectivity index (χ1) is 12.9. The maximum atomic E-state index is 12.8. The second-order valence-electron chi connectivity index (χ2n) is 7.57. The van der Waals surface area contributed by atoms with Crippen LogP contribution in [0.25, 0.3) is 10.2 Å². The lowest BCUT2D eigenvalue weighted by Gasteiger charge is -2.33. The topological polar surface area (TPSA) is 91.4 Å². The number of anilines is 1. The summed E-state index contributed by atoms with van der Waals surface area (Å²) in [7, 11) is 0. The molecule has 1 saturated heterocycles. The zero-order valence-electron chi connectivity index (χ0n) is 15.4. The monoisotopic (exact) mass is 386 g/mol. The van der Waals surface area contributed by atoms with Crippen LogP contribution in [0.2, 0.25) is 0 Å². The zero-order chi connectivity index (χ0) is 19.2. The van der Waals surface area contributed by atoms with Gasteiger partial charge in [0, 0.05) is 0 Å². The van der Waals surface area contributed by atoms with E-state index in [4.69, 9.17) is 0 Å². The lowest BCUT2D eigenvalue weighted by molar-refractivity contribution is -0.135. The van der Waals surface area contributed by atoms with E-state index >= 15 is 0 Å². The molecule has 1 aliphatic heterocycles. The van der Waals surface area contributed by atoms with Crippen LogP contribution in [0.15, 0.2) is 18.2 Å². The lowest BCUT2D eigenvalue weighted by atomic mass is 9.77. The van der Waals surface area contributed by atoms with Gasteiger partial charge in [-0.1, -0.05) is 30.4 Å². The average molecular weight is 386 g/mol. The molecule has 2 heterocycles. The Kier molecular flexibility index (Phi) is 4.38. The minimum absolute atomic E-state index is 0.283. The van der Waals surface area contributed by atoms with E-state index in [2.05, 4.69) is 22.5 Å². The van der Waals surface area contributed by atoms with Crippen molar-refractivity contribution in [2.24, 2.45) is 5.92 Å². The molecular weight excluding hydrogens is 364 g/mol. The first-order valence-electron chi connectivity index (χ1n) is 9.18. The van der Waals surface area contributed by atoms with E-state index in [0.29, 0.717) is 23.9 Å². The number of nitrogens with one attached hydrogen (secondary N) is 2. The number of imide groups is 1. The number of thiazole rings is 1. The summed E-state index contributed by atoms with van der Waals surface area (Å²) < 4.78 is 0.982. The molecule has 1 aliphatic carbocycles. The molecule has 2 N–H and O–H groups in total. The van der Waals surface area contributed by atoms with E-state index in [9.17, 15) is 14.4 Å². The first kappa shape index (κ1) is 17.9. The molecule has 1 aromatic carbocycles. The van der Waals surface area contributed by atoms with Gasteiger partial charge in [0.05, 0.1) is 10.2 Å². The predicted octanol–water partition coefficient (Wildman–Crippen LogP) is 3.04. The Bertz CT molecular complexity index is 930. The molecule has 2 fully saturated rings. The predicted molar refractivity (Wildman–Crippen MR) is 104 cm³/mol. The highest BCUT2D eigenvalue weighted by Gasteiger charge is 2.52. The number of aryl methyl sites for hydroxylation is 1. The molecular formula is C19H22N4O3S. The second-order valence-corrected chi connectivity index (χ2v) is 8.61. The maximum absolute atomic E-state index is 12.8. The van der Waals surface area contributed by atoms with E-state index in [1.807, 2.05) is 25.1 Å². The van der Waals surface area contributed by atoms with Crippen molar-refractivity contribution in [2.75, 3.05) is 11.9 Å². The molecule has 1 spiro atoms. The van der Waals surface area contributed by atoms with Gasteiger partial charge in [0.25, 0.3) is 5.91 Å². The summed E-state index contributed by atoms with van der Waals surface area (Å²) in [5.41, 5.74) is 1.06. The molecule has 0 radical (unpaired) electrons. The standard InChI is InChI=1S/C19H22N4O3S/c1-11-6-8-19(9-7-11)16(25)23(18(26)22-19)10-14(24)20-17-21-15-12(2)4-3-5-13(15)27-17/h3-5,11H,6-10H2,1-2H3,(H,22,26)(H,20,21,24). The number of hydrogen-bond acceptors (Lipinski definition) is 5. The van der Waals surface area contributed by atoms with Gasteiger partial charge in [0.2, 0.25) is 5.91 Å². The maximum Gasteiger partial charge on any atom is 0.325 e. The Morgan fingerprint density at radius 3 is 2.81 bits per heavy atom. The van der Waals surface area contributed by atoms with Crippen molar-refractivity contribution in [2.45, 2.75) is 45.1 Å². The Morgan fingerprint density at radius 2 is 2.11 bits per heavy atom. The highest BCUT2D eigenvalue weighted by atomic mass is 32.1. The molecule has 4 amide bonds. The average Bonchev–Trinajstić information content (AvgIpc) is 3.13. The molecule has 7 nitrogen and oxygen atoms in total. The van der Waals surface area contributed by atoms with Gasteiger partial charge < -0.3 is 10.6 Å². The number of benzene rings is 1. The van der Waals surface area contributed by atoms with Crippen LogP contribution in [0.5, 0.6) is 0 Å². The third kappa shape index (κ3) is 3.18. The summed E-state index contributed by atoms with van der Waals surface area (Å²) in [6.45, 7) is 3.82. The Balaban J connectivity index is 1.45. The minimum Gasteiger partial charge on any atom is -0.323 e. The van der Waals surface area contributed by atoms with E-state index in [1.165, 1.54) is 11.3 Å². The fourth-order valence-corrected chi connectivity index (χ4v) is 4.82.